The molecular weight excluding hydrogens is 246 g/mol. The minimum absolute atomic E-state index is 0.358. The lowest BCUT2D eigenvalue weighted by Gasteiger charge is -2.18. The third-order valence-corrected chi connectivity index (χ3v) is 4.19. The van der Waals surface area contributed by atoms with Crippen molar-refractivity contribution >= 4 is 11.0 Å². The Morgan fingerprint density at radius 1 is 0.950 bits per heavy atom. The molecule has 1 fully saturated rings. The monoisotopic (exact) mass is 263 g/mol. The highest BCUT2D eigenvalue weighted by molar-refractivity contribution is 5.77. The Kier molecular flexibility index (Phi) is 2.82. The van der Waals surface area contributed by atoms with E-state index in [1.807, 2.05) is 12.1 Å². The van der Waals surface area contributed by atoms with Crippen LogP contribution < -0.4 is 5.32 Å². The van der Waals surface area contributed by atoms with Crippen LogP contribution in [0.5, 0.6) is 0 Å². The minimum atomic E-state index is 0.358. The molecule has 0 bridgehead atoms. The second kappa shape index (κ2) is 4.80. The molecule has 0 aliphatic carbocycles. The summed E-state index contributed by atoms with van der Waals surface area (Å²) in [7, 11) is 0. The number of furan rings is 1. The van der Waals surface area contributed by atoms with Gasteiger partial charge < -0.3 is 9.73 Å². The van der Waals surface area contributed by atoms with Gasteiger partial charge in [-0.1, -0.05) is 48.5 Å². The molecule has 20 heavy (non-hydrogen) atoms. The van der Waals surface area contributed by atoms with E-state index in [1.54, 1.807) is 0 Å². The van der Waals surface area contributed by atoms with Crippen LogP contribution in [0.2, 0.25) is 0 Å². The number of rotatable bonds is 2. The van der Waals surface area contributed by atoms with Gasteiger partial charge in [-0.05, 0) is 30.7 Å². The lowest BCUT2D eigenvalue weighted by molar-refractivity contribution is 0.457. The molecule has 0 saturated carbocycles. The van der Waals surface area contributed by atoms with Gasteiger partial charge in [-0.15, -0.1) is 0 Å². The first kappa shape index (κ1) is 11.7. The van der Waals surface area contributed by atoms with Gasteiger partial charge >= 0.3 is 0 Å². The Hall–Kier alpha value is -2.06. The molecule has 1 aliphatic heterocycles. The first-order valence-corrected chi connectivity index (χ1v) is 7.18. The number of fused-ring (bicyclic) bond motifs is 1. The van der Waals surface area contributed by atoms with E-state index in [4.69, 9.17) is 4.42 Å². The Morgan fingerprint density at radius 2 is 1.75 bits per heavy atom. The summed E-state index contributed by atoms with van der Waals surface area (Å²) in [5.41, 5.74) is 2.33. The van der Waals surface area contributed by atoms with Gasteiger partial charge in [0, 0.05) is 17.3 Å². The van der Waals surface area contributed by atoms with Crippen molar-refractivity contribution in [3.05, 3.63) is 72.0 Å². The maximum absolute atomic E-state index is 6.06. The number of benzene rings is 2. The summed E-state index contributed by atoms with van der Waals surface area (Å²) in [5.74, 6) is 1.52. The summed E-state index contributed by atoms with van der Waals surface area (Å²) in [6.45, 7) is 1.04. The first-order valence-electron chi connectivity index (χ1n) is 7.18. The molecule has 0 spiro atoms. The summed E-state index contributed by atoms with van der Waals surface area (Å²) in [4.78, 5) is 0. The first-order chi connectivity index (χ1) is 9.92. The number of hydrogen-bond acceptors (Lipinski definition) is 2. The Bertz CT molecular complexity index is 683. The molecule has 1 saturated heterocycles. The van der Waals surface area contributed by atoms with Crippen LogP contribution in [-0.2, 0) is 0 Å². The van der Waals surface area contributed by atoms with Gasteiger partial charge in [0.1, 0.15) is 11.3 Å². The standard InChI is InChI=1S/C18H17NO/c1-2-6-13(7-3-1)18-15(10-11-19-18)17-12-14-8-4-5-9-16(14)20-17/h1-9,12,15,18-19H,10-11H2. The molecule has 1 N–H and O–H groups in total. The van der Waals surface area contributed by atoms with Gasteiger partial charge in [-0.3, -0.25) is 0 Å². The Balaban J connectivity index is 1.73. The predicted molar refractivity (Wildman–Crippen MR) is 80.8 cm³/mol. The molecule has 1 aliphatic rings. The van der Waals surface area contributed by atoms with Crippen molar-refractivity contribution in [2.75, 3.05) is 6.54 Å². The third kappa shape index (κ3) is 1.93. The maximum Gasteiger partial charge on any atom is 0.134 e. The van der Waals surface area contributed by atoms with Crippen LogP contribution in [0.25, 0.3) is 11.0 Å². The van der Waals surface area contributed by atoms with Crippen LogP contribution >= 0.6 is 0 Å². The number of para-hydroxylation sites is 1. The quantitative estimate of drug-likeness (QED) is 0.747. The average molecular weight is 263 g/mol. The summed E-state index contributed by atoms with van der Waals surface area (Å²) in [6.07, 6.45) is 1.12. The SMILES string of the molecule is c1ccc(C2NCCC2c2cc3ccccc3o2)cc1. The van der Waals surface area contributed by atoms with E-state index < -0.39 is 0 Å². The topological polar surface area (TPSA) is 25.2 Å². The molecule has 4 rings (SSSR count). The molecule has 0 amide bonds. The van der Waals surface area contributed by atoms with Crippen molar-refractivity contribution in [1.82, 2.24) is 5.32 Å². The van der Waals surface area contributed by atoms with E-state index >= 15 is 0 Å². The van der Waals surface area contributed by atoms with Gasteiger partial charge in [0.25, 0.3) is 0 Å². The minimum Gasteiger partial charge on any atom is -0.461 e. The highest BCUT2D eigenvalue weighted by Crippen LogP contribution is 2.39. The molecule has 100 valence electrons. The molecule has 2 heterocycles. The Morgan fingerprint density at radius 3 is 2.60 bits per heavy atom. The van der Waals surface area contributed by atoms with Crippen molar-refractivity contribution in [2.45, 2.75) is 18.4 Å². The molecule has 2 nitrogen and oxygen atoms in total. The van der Waals surface area contributed by atoms with Crippen LogP contribution in [0.15, 0.2) is 65.1 Å². The molecule has 2 atom stereocenters. The van der Waals surface area contributed by atoms with Crippen molar-refractivity contribution in [2.24, 2.45) is 0 Å². The van der Waals surface area contributed by atoms with Crippen molar-refractivity contribution < 1.29 is 4.42 Å². The van der Waals surface area contributed by atoms with Crippen molar-refractivity contribution in [3.63, 3.8) is 0 Å². The molecule has 2 unspecified atom stereocenters. The Labute approximate surface area is 118 Å². The van der Waals surface area contributed by atoms with E-state index in [-0.39, 0.29) is 0 Å². The summed E-state index contributed by atoms with van der Waals surface area (Å²) < 4.78 is 6.06. The van der Waals surface area contributed by atoms with Crippen molar-refractivity contribution in [1.29, 1.82) is 0 Å². The zero-order valence-corrected chi connectivity index (χ0v) is 11.3. The molecule has 2 aromatic carbocycles. The van der Waals surface area contributed by atoms with Crippen LogP contribution in [0.4, 0.5) is 0 Å². The predicted octanol–water partition coefficient (Wildman–Crippen LogP) is 4.25. The second-order valence-corrected chi connectivity index (χ2v) is 5.42. The summed E-state index contributed by atoms with van der Waals surface area (Å²) >= 11 is 0. The lowest BCUT2D eigenvalue weighted by Crippen LogP contribution is -2.16. The largest absolute Gasteiger partial charge is 0.461 e. The normalized spacial score (nSPS) is 22.4. The van der Waals surface area contributed by atoms with E-state index in [9.17, 15) is 0 Å². The second-order valence-electron chi connectivity index (χ2n) is 5.42. The summed E-state index contributed by atoms with van der Waals surface area (Å²) in [6, 6.07) is 21.4. The van der Waals surface area contributed by atoms with Gasteiger partial charge in [0.2, 0.25) is 0 Å². The van der Waals surface area contributed by atoms with E-state index in [0.717, 1.165) is 24.3 Å². The van der Waals surface area contributed by atoms with Gasteiger partial charge in [0.05, 0.1) is 0 Å². The zero-order chi connectivity index (χ0) is 13.4. The van der Waals surface area contributed by atoms with Crippen LogP contribution in [-0.4, -0.2) is 6.54 Å². The fourth-order valence-corrected chi connectivity index (χ4v) is 3.21. The highest BCUT2D eigenvalue weighted by atomic mass is 16.3. The fraction of sp³-hybridized carbons (Fsp3) is 0.222. The average Bonchev–Trinajstić information content (AvgIpc) is 3.14. The van der Waals surface area contributed by atoms with Gasteiger partial charge in [0.15, 0.2) is 0 Å². The fourth-order valence-electron chi connectivity index (χ4n) is 3.21. The molecule has 2 heteroatoms. The number of nitrogens with one attached hydrogen (secondary N) is 1. The maximum atomic E-state index is 6.06. The zero-order valence-electron chi connectivity index (χ0n) is 11.3. The van der Waals surface area contributed by atoms with Gasteiger partial charge in [-0.2, -0.15) is 0 Å². The smallest absolute Gasteiger partial charge is 0.134 e. The van der Waals surface area contributed by atoms with Crippen LogP contribution in [0.3, 0.4) is 0 Å². The van der Waals surface area contributed by atoms with E-state index in [0.29, 0.717) is 12.0 Å². The van der Waals surface area contributed by atoms with E-state index in [2.05, 4.69) is 53.8 Å². The molecule has 1 aromatic heterocycles. The molecule has 3 aromatic rings. The lowest BCUT2D eigenvalue weighted by atomic mass is 9.92. The van der Waals surface area contributed by atoms with E-state index in [1.165, 1.54) is 10.9 Å². The molecular formula is C18H17NO. The molecule has 0 radical (unpaired) electrons. The van der Waals surface area contributed by atoms with Gasteiger partial charge in [-0.25, -0.2) is 0 Å². The highest BCUT2D eigenvalue weighted by Gasteiger charge is 2.31. The van der Waals surface area contributed by atoms with Crippen molar-refractivity contribution in [3.8, 4) is 0 Å². The summed E-state index contributed by atoms with van der Waals surface area (Å²) in [5, 5.41) is 4.80. The van der Waals surface area contributed by atoms with Crippen LogP contribution in [0, 0.1) is 0 Å². The third-order valence-electron chi connectivity index (χ3n) is 4.19. The van der Waals surface area contributed by atoms with Crippen LogP contribution in [0.1, 0.15) is 29.7 Å². The number of hydrogen-bond donors (Lipinski definition) is 1.